The smallest absolute Gasteiger partial charge is 0.160 e. The second-order valence-corrected chi connectivity index (χ2v) is 14.4. The molecule has 0 spiro atoms. The number of fused-ring (bicyclic) bond motifs is 9. The molecule has 0 amide bonds. The van der Waals surface area contributed by atoms with E-state index in [0.29, 0.717) is 0 Å². The lowest BCUT2D eigenvalue weighted by molar-refractivity contribution is 1.18. The predicted molar refractivity (Wildman–Crippen MR) is 221 cm³/mol. The van der Waals surface area contributed by atoms with Crippen LogP contribution in [0.4, 0.5) is 0 Å². The van der Waals surface area contributed by atoms with Gasteiger partial charge in [-0.3, -0.25) is 0 Å². The molecule has 8 aromatic carbocycles. The first-order valence-electron chi connectivity index (χ1n) is 17.6. The molecule has 0 saturated heterocycles. The minimum atomic E-state index is 0.727. The molecule has 3 heterocycles. The van der Waals surface area contributed by atoms with Crippen molar-refractivity contribution in [2.24, 2.45) is 0 Å². The maximum Gasteiger partial charge on any atom is 0.160 e. The fourth-order valence-corrected chi connectivity index (χ4v) is 9.34. The quantitative estimate of drug-likeness (QED) is 0.185. The van der Waals surface area contributed by atoms with Crippen molar-refractivity contribution >= 4 is 75.0 Å². The SMILES string of the molecule is c1ccc(-n2c3ccccc3c3c4sc5c(-c6ccc(-c7nc(-c8ccc9ccccc9c8)c8ccccc8n7)cc6)cccc5c4ccc32)cc1. The van der Waals surface area contributed by atoms with Crippen LogP contribution in [0.5, 0.6) is 0 Å². The third kappa shape index (κ3) is 4.45. The van der Waals surface area contributed by atoms with Crippen molar-refractivity contribution in [3.8, 4) is 39.5 Å². The third-order valence-electron chi connectivity index (χ3n) is 10.4. The molecule has 0 aliphatic carbocycles. The zero-order chi connectivity index (χ0) is 34.2. The van der Waals surface area contributed by atoms with Gasteiger partial charge in [0.25, 0.3) is 0 Å². The zero-order valence-electron chi connectivity index (χ0n) is 28.0. The lowest BCUT2D eigenvalue weighted by Gasteiger charge is -2.11. The van der Waals surface area contributed by atoms with Crippen LogP contribution >= 0.6 is 11.3 Å². The van der Waals surface area contributed by atoms with Gasteiger partial charge in [0, 0.05) is 53.1 Å². The number of benzene rings is 8. The van der Waals surface area contributed by atoms with E-state index in [1.807, 2.05) is 17.4 Å². The molecule has 0 fully saturated rings. The minimum absolute atomic E-state index is 0.727. The fourth-order valence-electron chi connectivity index (χ4n) is 7.95. The van der Waals surface area contributed by atoms with Gasteiger partial charge >= 0.3 is 0 Å². The van der Waals surface area contributed by atoms with Crippen LogP contribution in [0, 0.1) is 0 Å². The summed E-state index contributed by atoms with van der Waals surface area (Å²) in [7, 11) is 0. The van der Waals surface area contributed by atoms with Gasteiger partial charge in [0.1, 0.15) is 0 Å². The number of hydrogen-bond acceptors (Lipinski definition) is 3. The van der Waals surface area contributed by atoms with Crippen LogP contribution in [0.1, 0.15) is 0 Å². The maximum atomic E-state index is 5.20. The van der Waals surface area contributed by atoms with Crippen molar-refractivity contribution in [2.75, 3.05) is 0 Å². The number of thiophene rings is 1. The minimum Gasteiger partial charge on any atom is -0.309 e. The number of hydrogen-bond donors (Lipinski definition) is 0. The fraction of sp³-hybridized carbons (Fsp3) is 0. The first-order chi connectivity index (χ1) is 25.8. The Morgan fingerprint density at radius 1 is 0.423 bits per heavy atom. The highest BCUT2D eigenvalue weighted by molar-refractivity contribution is 7.27. The Bertz CT molecular complexity index is 3170. The molecule has 3 nitrogen and oxygen atoms in total. The summed E-state index contributed by atoms with van der Waals surface area (Å²) < 4.78 is 5.03. The Hall–Kier alpha value is -6.62. The van der Waals surface area contributed by atoms with Crippen LogP contribution in [0.3, 0.4) is 0 Å². The average Bonchev–Trinajstić information content (AvgIpc) is 3.77. The summed E-state index contributed by atoms with van der Waals surface area (Å²) in [6.07, 6.45) is 0. The molecule has 0 radical (unpaired) electrons. The number of nitrogens with zero attached hydrogens (tertiary/aromatic N) is 3. The molecule has 0 N–H and O–H groups in total. The molecular weight excluding hydrogens is 651 g/mol. The van der Waals surface area contributed by atoms with Crippen LogP contribution in [-0.2, 0) is 0 Å². The van der Waals surface area contributed by atoms with E-state index in [0.717, 1.165) is 33.5 Å². The standard InChI is InChI=1S/C48H29N3S/c1-2-13-35(14-3-1)51-42-20-9-7-16-40(42)44-43(51)28-27-38-37-18-10-17-36(46(37)52-47(38)44)31-22-24-32(25-23-31)48-49-41-19-8-6-15-39(41)45(50-48)34-26-21-30-11-4-5-12-33(30)29-34/h1-29H. The first-order valence-corrected chi connectivity index (χ1v) is 18.4. The van der Waals surface area contributed by atoms with Gasteiger partial charge in [-0.1, -0.05) is 140 Å². The largest absolute Gasteiger partial charge is 0.309 e. The van der Waals surface area contributed by atoms with E-state index in [4.69, 9.17) is 9.97 Å². The van der Waals surface area contributed by atoms with E-state index in [9.17, 15) is 0 Å². The molecule has 52 heavy (non-hydrogen) atoms. The lowest BCUT2D eigenvalue weighted by atomic mass is 10.00. The van der Waals surface area contributed by atoms with E-state index in [1.165, 1.54) is 69.6 Å². The van der Waals surface area contributed by atoms with E-state index in [1.54, 1.807) is 0 Å². The zero-order valence-corrected chi connectivity index (χ0v) is 28.8. The monoisotopic (exact) mass is 679 g/mol. The molecule has 0 bridgehead atoms. The Morgan fingerprint density at radius 2 is 1.12 bits per heavy atom. The van der Waals surface area contributed by atoms with Crippen molar-refractivity contribution in [3.63, 3.8) is 0 Å². The van der Waals surface area contributed by atoms with E-state index >= 15 is 0 Å². The number of para-hydroxylation sites is 3. The highest BCUT2D eigenvalue weighted by Crippen LogP contribution is 2.46. The van der Waals surface area contributed by atoms with E-state index in [2.05, 4.69) is 174 Å². The summed E-state index contributed by atoms with van der Waals surface area (Å²) in [6, 6.07) is 62.9. The summed E-state index contributed by atoms with van der Waals surface area (Å²) in [5.74, 6) is 0.727. The molecule has 0 unspecified atom stereocenters. The first kappa shape index (κ1) is 29.1. The molecular formula is C48H29N3S. The van der Waals surface area contributed by atoms with Gasteiger partial charge in [-0.25, -0.2) is 9.97 Å². The summed E-state index contributed by atoms with van der Waals surface area (Å²) in [6.45, 7) is 0. The van der Waals surface area contributed by atoms with Gasteiger partial charge in [0.05, 0.1) is 22.2 Å². The van der Waals surface area contributed by atoms with Crippen LogP contribution in [0.2, 0.25) is 0 Å². The van der Waals surface area contributed by atoms with Crippen molar-refractivity contribution in [2.45, 2.75) is 0 Å². The number of rotatable bonds is 4. The second-order valence-electron chi connectivity index (χ2n) is 13.4. The lowest BCUT2D eigenvalue weighted by Crippen LogP contribution is -1.95. The molecule has 11 rings (SSSR count). The molecule has 0 aliphatic heterocycles. The van der Waals surface area contributed by atoms with Gasteiger partial charge < -0.3 is 4.57 Å². The van der Waals surface area contributed by atoms with Crippen molar-refractivity contribution < 1.29 is 0 Å². The Balaban J connectivity index is 1.05. The number of aromatic nitrogens is 3. The van der Waals surface area contributed by atoms with E-state index in [-0.39, 0.29) is 0 Å². The predicted octanol–water partition coefficient (Wildman–Crippen LogP) is 13.2. The summed E-state index contributed by atoms with van der Waals surface area (Å²) in [5.41, 5.74) is 10.0. The van der Waals surface area contributed by atoms with Gasteiger partial charge in [-0.05, 0) is 58.3 Å². The average molecular weight is 680 g/mol. The Morgan fingerprint density at radius 3 is 2.00 bits per heavy atom. The van der Waals surface area contributed by atoms with Crippen molar-refractivity contribution in [3.05, 3.63) is 176 Å². The third-order valence-corrected chi connectivity index (χ3v) is 11.7. The highest BCUT2D eigenvalue weighted by atomic mass is 32.1. The molecule has 11 aromatic rings. The van der Waals surface area contributed by atoms with Crippen LogP contribution in [-0.4, -0.2) is 14.5 Å². The normalized spacial score (nSPS) is 11.8. The van der Waals surface area contributed by atoms with Gasteiger partial charge in [-0.2, -0.15) is 0 Å². The van der Waals surface area contributed by atoms with Gasteiger partial charge in [-0.15, -0.1) is 11.3 Å². The van der Waals surface area contributed by atoms with Gasteiger partial charge in [0.2, 0.25) is 0 Å². The van der Waals surface area contributed by atoms with Crippen LogP contribution < -0.4 is 0 Å². The molecule has 242 valence electrons. The summed E-state index contributed by atoms with van der Waals surface area (Å²) in [5, 5.41) is 8.66. The summed E-state index contributed by atoms with van der Waals surface area (Å²) in [4.78, 5) is 10.2. The summed E-state index contributed by atoms with van der Waals surface area (Å²) >= 11 is 1.90. The second kappa shape index (κ2) is 11.5. The topological polar surface area (TPSA) is 30.7 Å². The molecule has 3 aromatic heterocycles. The van der Waals surface area contributed by atoms with E-state index < -0.39 is 0 Å². The van der Waals surface area contributed by atoms with Gasteiger partial charge in [0.15, 0.2) is 5.82 Å². The molecule has 0 aliphatic rings. The molecule has 0 saturated carbocycles. The van der Waals surface area contributed by atoms with Crippen LogP contribution in [0.15, 0.2) is 176 Å². The van der Waals surface area contributed by atoms with Crippen molar-refractivity contribution in [1.82, 2.24) is 14.5 Å². The van der Waals surface area contributed by atoms with Crippen LogP contribution in [0.25, 0.3) is 103 Å². The van der Waals surface area contributed by atoms with Crippen molar-refractivity contribution in [1.29, 1.82) is 0 Å². The molecule has 4 heteroatoms. The Labute approximate surface area is 303 Å². The molecule has 0 atom stereocenters. The Kier molecular flexibility index (Phi) is 6.42. The highest BCUT2D eigenvalue weighted by Gasteiger charge is 2.19. The maximum absolute atomic E-state index is 5.20.